The van der Waals surface area contributed by atoms with Gasteiger partial charge in [0.1, 0.15) is 6.07 Å². The van der Waals surface area contributed by atoms with Gasteiger partial charge in [0, 0.05) is 12.1 Å². The number of nitrogens with zero attached hydrogens (tertiary/aromatic N) is 3. The van der Waals surface area contributed by atoms with Crippen molar-refractivity contribution in [1.82, 2.24) is 9.78 Å². The van der Waals surface area contributed by atoms with Crippen LogP contribution in [-0.2, 0) is 11.3 Å². The molecule has 1 aromatic heterocycles. The molecule has 32 heavy (non-hydrogen) atoms. The van der Waals surface area contributed by atoms with E-state index in [1.807, 2.05) is 6.92 Å². The highest BCUT2D eigenvalue weighted by atomic mass is 16.3. The fraction of sp³-hybridized carbons (Fsp3) is 0.815. The van der Waals surface area contributed by atoms with Crippen molar-refractivity contribution in [1.29, 1.82) is 5.26 Å². The third kappa shape index (κ3) is 3.28. The second kappa shape index (κ2) is 7.42. The number of aliphatic hydroxyl groups is 1. The zero-order valence-corrected chi connectivity index (χ0v) is 20.2. The summed E-state index contributed by atoms with van der Waals surface area (Å²) in [6.45, 7) is 9.53. The molecule has 0 spiro atoms. The third-order valence-corrected chi connectivity index (χ3v) is 10.7. The summed E-state index contributed by atoms with van der Waals surface area (Å²) in [5.74, 6) is 3.50. The van der Waals surface area contributed by atoms with Gasteiger partial charge in [0.25, 0.3) is 0 Å². The predicted molar refractivity (Wildman–Crippen MR) is 122 cm³/mol. The number of hydrogen-bond donors (Lipinski definition) is 1. The summed E-state index contributed by atoms with van der Waals surface area (Å²) >= 11 is 0. The Morgan fingerprint density at radius 2 is 1.97 bits per heavy atom. The molecule has 0 aromatic carbocycles. The first kappa shape index (κ1) is 22.1. The first-order valence-electron chi connectivity index (χ1n) is 12.7. The molecule has 1 aromatic rings. The van der Waals surface area contributed by atoms with Crippen LogP contribution in [0.5, 0.6) is 0 Å². The molecule has 1 heterocycles. The molecule has 0 bridgehead atoms. The van der Waals surface area contributed by atoms with E-state index < -0.39 is 5.60 Å². The van der Waals surface area contributed by atoms with Crippen LogP contribution in [0.4, 0.5) is 0 Å². The van der Waals surface area contributed by atoms with Crippen LogP contribution in [0.2, 0.25) is 0 Å². The zero-order chi connectivity index (χ0) is 22.9. The van der Waals surface area contributed by atoms with Crippen LogP contribution in [-0.4, -0.2) is 26.3 Å². The number of carbonyl (C=O) groups is 1. The fourth-order valence-electron chi connectivity index (χ4n) is 9.25. The lowest BCUT2D eigenvalue weighted by Crippen LogP contribution is -2.55. The van der Waals surface area contributed by atoms with Gasteiger partial charge in [-0.3, -0.25) is 9.48 Å². The lowest BCUT2D eigenvalue weighted by molar-refractivity contribution is -0.151. The summed E-state index contributed by atoms with van der Waals surface area (Å²) in [7, 11) is 0. The minimum absolute atomic E-state index is 0.0756. The number of aromatic nitrogens is 2. The van der Waals surface area contributed by atoms with Gasteiger partial charge < -0.3 is 5.11 Å². The second-order valence-corrected chi connectivity index (χ2v) is 12.6. The number of nitriles is 1. The summed E-state index contributed by atoms with van der Waals surface area (Å²) in [6.07, 6.45) is 12.3. The van der Waals surface area contributed by atoms with E-state index in [9.17, 15) is 9.90 Å². The van der Waals surface area contributed by atoms with Crippen LogP contribution in [0.15, 0.2) is 12.4 Å². The highest BCUT2D eigenvalue weighted by molar-refractivity contribution is 5.82. The van der Waals surface area contributed by atoms with E-state index in [0.29, 0.717) is 40.4 Å². The van der Waals surface area contributed by atoms with Crippen molar-refractivity contribution in [3.8, 4) is 6.07 Å². The third-order valence-electron chi connectivity index (χ3n) is 10.7. The van der Waals surface area contributed by atoms with Crippen molar-refractivity contribution in [3.05, 3.63) is 18.0 Å². The summed E-state index contributed by atoms with van der Waals surface area (Å²) in [5.41, 5.74) is 0.447. The standard InChI is InChI=1S/C27H39N3O2/c1-17-11-22-20-6-5-19-12-25(2,32)9-10-26(19,3)21(20)7-8-27(22,4)24(17)23(31)16-30-15-18(13-28)14-29-30/h14-15,17,19-22,24,32H,5-12,16H2,1-4H3/t17-,19+,20-,21+,22+,24?,25-,26+,27+/m1/s1. The maximum Gasteiger partial charge on any atom is 0.158 e. The molecular formula is C27H39N3O2. The molecular weight excluding hydrogens is 398 g/mol. The van der Waals surface area contributed by atoms with Gasteiger partial charge in [0.05, 0.1) is 23.9 Å². The predicted octanol–water partition coefficient (Wildman–Crippen LogP) is 4.98. The topological polar surface area (TPSA) is 78.9 Å². The number of hydrogen-bond acceptors (Lipinski definition) is 4. The molecule has 4 fully saturated rings. The van der Waals surface area contributed by atoms with E-state index in [1.54, 1.807) is 17.1 Å². The quantitative estimate of drug-likeness (QED) is 0.723. The number of Topliss-reactive ketones (excluding diaryl/α,β-unsaturated/α-hetero) is 1. The van der Waals surface area contributed by atoms with E-state index >= 15 is 0 Å². The number of fused-ring (bicyclic) bond motifs is 5. The summed E-state index contributed by atoms with van der Waals surface area (Å²) in [5, 5.41) is 24.0. The molecule has 5 rings (SSSR count). The van der Waals surface area contributed by atoms with E-state index in [0.717, 1.165) is 38.0 Å². The van der Waals surface area contributed by atoms with Gasteiger partial charge in [-0.25, -0.2) is 0 Å². The summed E-state index contributed by atoms with van der Waals surface area (Å²) in [6, 6.07) is 2.10. The Labute approximate surface area is 192 Å². The Morgan fingerprint density at radius 1 is 1.19 bits per heavy atom. The largest absolute Gasteiger partial charge is 0.390 e. The fourth-order valence-corrected chi connectivity index (χ4v) is 9.25. The van der Waals surface area contributed by atoms with E-state index in [2.05, 4.69) is 31.9 Å². The van der Waals surface area contributed by atoms with Gasteiger partial charge in [-0.1, -0.05) is 20.8 Å². The van der Waals surface area contributed by atoms with Crippen LogP contribution in [0.1, 0.15) is 84.6 Å². The molecule has 4 aliphatic carbocycles. The molecule has 9 atom stereocenters. The molecule has 4 aliphatic rings. The molecule has 0 amide bonds. The maximum atomic E-state index is 13.5. The van der Waals surface area contributed by atoms with Crippen LogP contribution in [0.25, 0.3) is 0 Å². The monoisotopic (exact) mass is 437 g/mol. The van der Waals surface area contributed by atoms with E-state index in [1.165, 1.54) is 19.3 Å². The molecule has 174 valence electrons. The van der Waals surface area contributed by atoms with Gasteiger partial charge in [0.15, 0.2) is 5.78 Å². The number of ketones is 1. The van der Waals surface area contributed by atoms with E-state index in [4.69, 9.17) is 5.26 Å². The van der Waals surface area contributed by atoms with Crippen molar-refractivity contribution >= 4 is 5.78 Å². The lowest BCUT2D eigenvalue weighted by atomic mass is 9.44. The molecule has 5 nitrogen and oxygen atoms in total. The van der Waals surface area contributed by atoms with Crippen molar-refractivity contribution in [2.45, 2.75) is 91.2 Å². The summed E-state index contributed by atoms with van der Waals surface area (Å²) < 4.78 is 1.65. The molecule has 0 saturated heterocycles. The number of rotatable bonds is 3. The Hall–Kier alpha value is -1.67. The SMILES string of the molecule is C[C@@H]1C[C@H]2[C@@H]3CC[C@H]4C[C@](C)(O)CC[C@]4(C)[C@H]3CC[C@]2(C)C1C(=O)Cn1cc(C#N)cn1. The second-order valence-electron chi connectivity index (χ2n) is 12.6. The van der Waals surface area contributed by atoms with Crippen molar-refractivity contribution in [2.75, 3.05) is 0 Å². The first-order valence-corrected chi connectivity index (χ1v) is 12.7. The highest BCUT2D eigenvalue weighted by Crippen LogP contribution is 2.68. The zero-order valence-electron chi connectivity index (χ0n) is 20.2. The Bertz CT molecular complexity index is 945. The molecule has 0 radical (unpaired) electrons. The van der Waals surface area contributed by atoms with Crippen LogP contribution < -0.4 is 0 Å². The van der Waals surface area contributed by atoms with Crippen molar-refractivity contribution in [3.63, 3.8) is 0 Å². The van der Waals surface area contributed by atoms with Crippen LogP contribution in [0, 0.1) is 57.7 Å². The Morgan fingerprint density at radius 3 is 2.69 bits per heavy atom. The minimum atomic E-state index is -0.489. The average molecular weight is 438 g/mol. The van der Waals surface area contributed by atoms with Crippen molar-refractivity contribution < 1.29 is 9.90 Å². The van der Waals surface area contributed by atoms with Crippen LogP contribution in [0.3, 0.4) is 0 Å². The van der Waals surface area contributed by atoms with Crippen LogP contribution >= 0.6 is 0 Å². The Kier molecular flexibility index (Phi) is 5.13. The van der Waals surface area contributed by atoms with Gasteiger partial charge >= 0.3 is 0 Å². The van der Waals surface area contributed by atoms with Gasteiger partial charge in [0.2, 0.25) is 0 Å². The van der Waals surface area contributed by atoms with E-state index in [-0.39, 0.29) is 17.9 Å². The molecule has 1 N–H and O–H groups in total. The normalized spacial score (nSPS) is 47.8. The Balaban J connectivity index is 1.37. The van der Waals surface area contributed by atoms with Gasteiger partial charge in [-0.05, 0) is 98.7 Å². The minimum Gasteiger partial charge on any atom is -0.390 e. The van der Waals surface area contributed by atoms with Gasteiger partial charge in [-0.15, -0.1) is 0 Å². The number of carbonyl (C=O) groups excluding carboxylic acids is 1. The molecule has 1 unspecified atom stereocenters. The van der Waals surface area contributed by atoms with Crippen molar-refractivity contribution in [2.24, 2.45) is 46.3 Å². The smallest absolute Gasteiger partial charge is 0.158 e. The molecule has 0 aliphatic heterocycles. The maximum absolute atomic E-state index is 13.5. The highest BCUT2D eigenvalue weighted by Gasteiger charge is 2.63. The lowest BCUT2D eigenvalue weighted by Gasteiger charge is -2.61. The average Bonchev–Trinajstić information content (AvgIpc) is 3.28. The first-order chi connectivity index (χ1) is 15.1. The molecule has 5 heteroatoms. The van der Waals surface area contributed by atoms with Gasteiger partial charge in [-0.2, -0.15) is 10.4 Å². The summed E-state index contributed by atoms with van der Waals surface area (Å²) in [4.78, 5) is 13.5. The molecule has 4 saturated carbocycles.